The van der Waals surface area contributed by atoms with Gasteiger partial charge < -0.3 is 15.0 Å². The van der Waals surface area contributed by atoms with Crippen LogP contribution in [0.1, 0.15) is 18.4 Å². The minimum Gasteiger partial charge on any atom is -0.497 e. The summed E-state index contributed by atoms with van der Waals surface area (Å²) in [5.41, 5.74) is 0.972. The lowest BCUT2D eigenvalue weighted by atomic mass is 9.98. The third-order valence-electron chi connectivity index (χ3n) is 4.30. The van der Waals surface area contributed by atoms with Crippen LogP contribution in [0.25, 0.3) is 0 Å². The first-order valence-corrected chi connectivity index (χ1v) is 9.16. The Hall–Kier alpha value is -2.08. The molecule has 2 aromatic rings. The van der Waals surface area contributed by atoms with Gasteiger partial charge in [0.25, 0.3) is 0 Å². The number of methoxy groups -OCH3 is 1. The lowest BCUT2D eigenvalue weighted by molar-refractivity contribution is -0.120. The van der Waals surface area contributed by atoms with Gasteiger partial charge in [0.15, 0.2) is 5.13 Å². The summed E-state index contributed by atoms with van der Waals surface area (Å²) in [6.45, 7) is 2.75. The average Bonchev–Trinajstić information content (AvgIpc) is 3.15. The molecule has 3 rings (SSSR count). The molecule has 1 N–H and O–H groups in total. The maximum absolute atomic E-state index is 12.2. The van der Waals surface area contributed by atoms with Gasteiger partial charge in [-0.2, -0.15) is 0 Å². The smallest absolute Gasteiger partial charge is 0.224 e. The van der Waals surface area contributed by atoms with Crippen LogP contribution >= 0.6 is 11.3 Å². The molecule has 2 heterocycles. The number of nitrogens with zero attached hydrogens (tertiary/aromatic N) is 2. The molecule has 0 bridgehead atoms. The van der Waals surface area contributed by atoms with E-state index < -0.39 is 0 Å². The molecule has 1 saturated heterocycles. The number of nitrogens with one attached hydrogen (secondary N) is 1. The van der Waals surface area contributed by atoms with Crippen LogP contribution in [0.15, 0.2) is 35.8 Å². The summed E-state index contributed by atoms with van der Waals surface area (Å²) >= 11 is 1.68. The lowest BCUT2D eigenvalue weighted by Crippen LogP contribution is -2.41. The number of hydrogen-bond acceptors (Lipinski definition) is 5. The van der Waals surface area contributed by atoms with Crippen molar-refractivity contribution in [3.8, 4) is 5.75 Å². The summed E-state index contributed by atoms with van der Waals surface area (Å²) in [5, 5.41) is 6.18. The first-order valence-electron chi connectivity index (χ1n) is 8.28. The maximum atomic E-state index is 12.2. The van der Waals surface area contributed by atoms with Crippen molar-refractivity contribution in [1.29, 1.82) is 0 Å². The quantitative estimate of drug-likeness (QED) is 0.875. The molecule has 0 saturated carbocycles. The van der Waals surface area contributed by atoms with Crippen molar-refractivity contribution in [2.45, 2.75) is 19.3 Å². The van der Waals surface area contributed by atoms with Gasteiger partial charge in [0.05, 0.1) is 13.5 Å². The predicted molar refractivity (Wildman–Crippen MR) is 96.8 cm³/mol. The first-order chi connectivity index (χ1) is 11.7. The third kappa shape index (κ3) is 4.47. The first kappa shape index (κ1) is 16.8. The van der Waals surface area contributed by atoms with Crippen LogP contribution in [-0.4, -0.2) is 37.6 Å². The summed E-state index contributed by atoms with van der Waals surface area (Å²) in [6, 6.07) is 7.66. The van der Waals surface area contributed by atoms with Gasteiger partial charge in [-0.15, -0.1) is 11.3 Å². The number of thiazole rings is 1. The summed E-state index contributed by atoms with van der Waals surface area (Å²) in [6.07, 6.45) is 4.54. The summed E-state index contributed by atoms with van der Waals surface area (Å²) in [5.74, 6) is 1.33. The van der Waals surface area contributed by atoms with E-state index >= 15 is 0 Å². The Bertz CT molecular complexity index is 660. The highest BCUT2D eigenvalue weighted by Crippen LogP contribution is 2.24. The molecule has 5 nitrogen and oxygen atoms in total. The van der Waals surface area contributed by atoms with Crippen molar-refractivity contribution in [2.75, 3.05) is 31.6 Å². The number of anilines is 1. The van der Waals surface area contributed by atoms with Crippen molar-refractivity contribution in [3.63, 3.8) is 0 Å². The van der Waals surface area contributed by atoms with Gasteiger partial charge in [-0.1, -0.05) is 12.1 Å². The van der Waals surface area contributed by atoms with Crippen LogP contribution in [0.3, 0.4) is 0 Å². The van der Waals surface area contributed by atoms with Crippen LogP contribution in [0.2, 0.25) is 0 Å². The molecule has 1 atom stereocenters. The van der Waals surface area contributed by atoms with Gasteiger partial charge in [-0.3, -0.25) is 4.79 Å². The molecule has 0 radical (unpaired) electrons. The Morgan fingerprint density at radius 3 is 3.21 bits per heavy atom. The molecule has 1 aromatic carbocycles. The fourth-order valence-corrected chi connectivity index (χ4v) is 3.75. The van der Waals surface area contributed by atoms with Gasteiger partial charge in [0, 0.05) is 31.2 Å². The molecular formula is C18H23N3O2S. The molecule has 128 valence electrons. The number of hydrogen-bond donors (Lipinski definition) is 1. The van der Waals surface area contributed by atoms with E-state index in [9.17, 15) is 4.79 Å². The number of piperidine rings is 1. The van der Waals surface area contributed by atoms with Gasteiger partial charge in [-0.05, 0) is 36.5 Å². The molecule has 1 aliphatic rings. The van der Waals surface area contributed by atoms with E-state index in [0.29, 0.717) is 12.3 Å². The van der Waals surface area contributed by atoms with Crippen LogP contribution in [0.5, 0.6) is 5.75 Å². The van der Waals surface area contributed by atoms with E-state index in [4.69, 9.17) is 4.74 Å². The number of carbonyl (C=O) groups excluding carboxylic acids is 1. The second kappa shape index (κ2) is 8.15. The van der Waals surface area contributed by atoms with Crippen molar-refractivity contribution < 1.29 is 9.53 Å². The largest absolute Gasteiger partial charge is 0.497 e. The Balaban J connectivity index is 1.47. The number of amides is 1. The van der Waals surface area contributed by atoms with Gasteiger partial charge in [-0.25, -0.2) is 4.98 Å². The fraction of sp³-hybridized carbons (Fsp3) is 0.444. The maximum Gasteiger partial charge on any atom is 0.224 e. The normalized spacial score (nSPS) is 17.5. The molecule has 0 spiro atoms. The van der Waals surface area contributed by atoms with Crippen LogP contribution < -0.4 is 15.0 Å². The number of benzene rings is 1. The Labute approximate surface area is 146 Å². The number of ether oxygens (including phenoxy) is 1. The molecular weight excluding hydrogens is 322 g/mol. The van der Waals surface area contributed by atoms with E-state index in [-0.39, 0.29) is 5.91 Å². The second-order valence-electron chi connectivity index (χ2n) is 6.10. The standard InChI is InChI=1S/C18H23N3O2S/c1-23-16-6-2-4-14(10-16)11-17(22)20-12-15-5-3-8-21(13-15)18-19-7-9-24-18/h2,4,6-7,9-10,15H,3,5,8,11-13H2,1H3,(H,20,22). The Morgan fingerprint density at radius 2 is 2.42 bits per heavy atom. The third-order valence-corrected chi connectivity index (χ3v) is 5.13. The van der Waals surface area contributed by atoms with Crippen molar-refractivity contribution >= 4 is 22.4 Å². The van der Waals surface area contributed by atoms with E-state index in [1.54, 1.807) is 18.4 Å². The van der Waals surface area contributed by atoms with Gasteiger partial charge >= 0.3 is 0 Å². The fourth-order valence-electron chi connectivity index (χ4n) is 3.07. The predicted octanol–water partition coefficient (Wildman–Crippen LogP) is 2.73. The number of carbonyl (C=O) groups is 1. The second-order valence-corrected chi connectivity index (χ2v) is 6.97. The minimum absolute atomic E-state index is 0.0645. The van der Waals surface area contributed by atoms with Gasteiger partial charge in [0.1, 0.15) is 5.75 Å². The molecule has 1 aliphatic heterocycles. The summed E-state index contributed by atoms with van der Waals surface area (Å²) in [7, 11) is 1.64. The zero-order valence-corrected chi connectivity index (χ0v) is 14.7. The topological polar surface area (TPSA) is 54.5 Å². The molecule has 24 heavy (non-hydrogen) atoms. The molecule has 1 aromatic heterocycles. The highest BCUT2D eigenvalue weighted by molar-refractivity contribution is 7.13. The van der Waals surface area contributed by atoms with Crippen molar-refractivity contribution in [3.05, 3.63) is 41.4 Å². The zero-order chi connectivity index (χ0) is 16.8. The zero-order valence-electron chi connectivity index (χ0n) is 13.9. The highest BCUT2D eigenvalue weighted by Gasteiger charge is 2.21. The Kier molecular flexibility index (Phi) is 5.69. The summed E-state index contributed by atoms with van der Waals surface area (Å²) in [4.78, 5) is 18.9. The van der Waals surface area contributed by atoms with Crippen LogP contribution in [0, 0.1) is 5.92 Å². The Morgan fingerprint density at radius 1 is 1.50 bits per heavy atom. The van der Waals surface area contributed by atoms with Crippen molar-refractivity contribution in [1.82, 2.24) is 10.3 Å². The van der Waals surface area contributed by atoms with Crippen molar-refractivity contribution in [2.24, 2.45) is 5.92 Å². The van der Waals surface area contributed by atoms with E-state index in [0.717, 1.165) is 48.9 Å². The summed E-state index contributed by atoms with van der Waals surface area (Å²) < 4.78 is 5.20. The average molecular weight is 345 g/mol. The monoisotopic (exact) mass is 345 g/mol. The lowest BCUT2D eigenvalue weighted by Gasteiger charge is -2.32. The highest BCUT2D eigenvalue weighted by atomic mass is 32.1. The van der Waals surface area contributed by atoms with Gasteiger partial charge in [0.2, 0.25) is 5.91 Å². The molecule has 1 fully saturated rings. The SMILES string of the molecule is COc1cccc(CC(=O)NCC2CCCN(c3nccs3)C2)c1. The van der Waals surface area contributed by atoms with Crippen LogP contribution in [0.4, 0.5) is 5.13 Å². The van der Waals surface area contributed by atoms with E-state index in [2.05, 4.69) is 15.2 Å². The van der Waals surface area contributed by atoms with E-state index in [1.807, 2.05) is 35.8 Å². The van der Waals surface area contributed by atoms with E-state index in [1.165, 1.54) is 0 Å². The molecule has 1 unspecified atom stereocenters. The number of aromatic nitrogens is 1. The minimum atomic E-state index is 0.0645. The number of rotatable bonds is 6. The molecule has 1 amide bonds. The van der Waals surface area contributed by atoms with Crippen LogP contribution in [-0.2, 0) is 11.2 Å². The molecule has 6 heteroatoms. The molecule has 0 aliphatic carbocycles.